The number of esters is 1. The highest BCUT2D eigenvalue weighted by Crippen LogP contribution is 2.34. The van der Waals surface area contributed by atoms with Crippen molar-refractivity contribution in [2.75, 3.05) is 7.11 Å². The number of methoxy groups -OCH3 is 1. The molecule has 0 atom stereocenters. The van der Waals surface area contributed by atoms with Crippen LogP contribution in [0.5, 0.6) is 0 Å². The lowest BCUT2D eigenvalue weighted by Gasteiger charge is -2.08. The largest absolute Gasteiger partial charge is 0.465 e. The number of benzene rings is 1. The van der Waals surface area contributed by atoms with Gasteiger partial charge in [-0.2, -0.15) is 0 Å². The van der Waals surface area contributed by atoms with Crippen molar-refractivity contribution in [3.8, 4) is 0 Å². The number of rotatable bonds is 2. The van der Waals surface area contributed by atoms with Crippen LogP contribution in [0.3, 0.4) is 0 Å². The zero-order valence-corrected chi connectivity index (χ0v) is 10.3. The van der Waals surface area contributed by atoms with E-state index in [-0.39, 0.29) is 27.2 Å². The highest BCUT2D eigenvalue weighted by molar-refractivity contribution is 6.35. The average molecular weight is 281 g/mol. The van der Waals surface area contributed by atoms with Crippen molar-refractivity contribution in [1.82, 2.24) is 4.98 Å². The number of pyridine rings is 1. The summed E-state index contributed by atoms with van der Waals surface area (Å²) in [6.07, 6.45) is 1.13. The zero-order valence-electron chi connectivity index (χ0n) is 9.59. The average Bonchev–Trinajstić information content (AvgIpc) is 2.42. The number of ether oxygens (including phenoxy) is 1. The Morgan fingerprint density at radius 2 is 2.32 bits per heavy atom. The van der Waals surface area contributed by atoms with E-state index in [1.165, 1.54) is 6.07 Å². The molecule has 1 aromatic heterocycles. The van der Waals surface area contributed by atoms with E-state index >= 15 is 0 Å². The third-order valence-electron chi connectivity index (χ3n) is 2.44. The highest BCUT2D eigenvalue weighted by atomic mass is 35.5. The minimum absolute atomic E-state index is 0.108. The first-order chi connectivity index (χ1) is 9.10. The number of carbonyl (C=O) groups excluding carboxylic acids is 1. The van der Waals surface area contributed by atoms with E-state index in [1.54, 1.807) is 0 Å². The smallest absolute Gasteiger partial charge is 0.339 e. The molecule has 96 valence electrons. The van der Waals surface area contributed by atoms with E-state index in [9.17, 15) is 9.18 Å². The molecule has 8 heteroatoms. The monoisotopic (exact) mass is 280 g/mol. The van der Waals surface area contributed by atoms with Gasteiger partial charge in [-0.3, -0.25) is 4.98 Å². The van der Waals surface area contributed by atoms with Gasteiger partial charge in [-0.1, -0.05) is 16.7 Å². The van der Waals surface area contributed by atoms with E-state index < -0.39 is 11.8 Å². The van der Waals surface area contributed by atoms with E-state index in [0.29, 0.717) is 0 Å². The molecule has 1 aromatic carbocycles. The maximum Gasteiger partial charge on any atom is 0.339 e. The van der Waals surface area contributed by atoms with Gasteiger partial charge in [-0.25, -0.2) is 9.18 Å². The highest BCUT2D eigenvalue weighted by Gasteiger charge is 2.18. The lowest BCUT2D eigenvalue weighted by Crippen LogP contribution is -2.03. The number of halogens is 2. The van der Waals surface area contributed by atoms with Crippen molar-refractivity contribution in [2.24, 2.45) is 5.11 Å². The molecule has 0 unspecified atom stereocenters. The summed E-state index contributed by atoms with van der Waals surface area (Å²) in [5.41, 5.74) is 8.33. The minimum Gasteiger partial charge on any atom is -0.465 e. The van der Waals surface area contributed by atoms with Crippen molar-refractivity contribution >= 4 is 34.2 Å². The summed E-state index contributed by atoms with van der Waals surface area (Å²) in [4.78, 5) is 18.0. The first kappa shape index (κ1) is 13.1. The number of carbonyl (C=O) groups is 1. The summed E-state index contributed by atoms with van der Waals surface area (Å²) in [7, 11) is 1.15. The summed E-state index contributed by atoms with van der Waals surface area (Å²) < 4.78 is 18.4. The SMILES string of the molecule is COC(=O)c1cnc2c(Cl)ccc(F)c2c1N=[N+]=[N-]. The second-order valence-corrected chi connectivity index (χ2v) is 3.86. The summed E-state index contributed by atoms with van der Waals surface area (Å²) in [6.45, 7) is 0. The zero-order chi connectivity index (χ0) is 14.0. The predicted octanol–water partition coefficient (Wildman–Crippen LogP) is 3.76. The normalized spacial score (nSPS) is 10.1. The van der Waals surface area contributed by atoms with Crippen molar-refractivity contribution in [3.63, 3.8) is 0 Å². The van der Waals surface area contributed by atoms with E-state index in [2.05, 4.69) is 19.7 Å². The topological polar surface area (TPSA) is 88.0 Å². The van der Waals surface area contributed by atoms with Crippen LogP contribution in [0.15, 0.2) is 23.4 Å². The molecule has 0 aliphatic carbocycles. The summed E-state index contributed by atoms with van der Waals surface area (Å²) >= 11 is 5.89. The van der Waals surface area contributed by atoms with Crippen molar-refractivity contribution in [1.29, 1.82) is 0 Å². The molecule has 0 aliphatic heterocycles. The van der Waals surface area contributed by atoms with Crippen LogP contribution in [0.4, 0.5) is 10.1 Å². The van der Waals surface area contributed by atoms with Gasteiger partial charge in [-0.05, 0) is 17.7 Å². The Bertz CT molecular complexity index is 728. The molecule has 19 heavy (non-hydrogen) atoms. The molecule has 0 bridgehead atoms. The lowest BCUT2D eigenvalue weighted by molar-refractivity contribution is 0.0601. The molecule has 0 amide bonds. The van der Waals surface area contributed by atoms with E-state index in [1.807, 2.05) is 0 Å². The maximum absolute atomic E-state index is 13.9. The minimum atomic E-state index is -0.781. The van der Waals surface area contributed by atoms with Crippen LogP contribution >= 0.6 is 11.6 Å². The molecular weight excluding hydrogens is 275 g/mol. The molecular formula is C11H6ClFN4O2. The van der Waals surface area contributed by atoms with Crippen LogP contribution < -0.4 is 0 Å². The molecule has 0 saturated heterocycles. The Labute approximate surface area is 111 Å². The van der Waals surface area contributed by atoms with Gasteiger partial charge in [-0.15, -0.1) is 0 Å². The van der Waals surface area contributed by atoms with Crippen LogP contribution in [-0.2, 0) is 4.74 Å². The molecule has 1 heterocycles. The van der Waals surface area contributed by atoms with E-state index in [0.717, 1.165) is 19.4 Å². The lowest BCUT2D eigenvalue weighted by atomic mass is 10.1. The Morgan fingerprint density at radius 3 is 2.95 bits per heavy atom. The fourth-order valence-corrected chi connectivity index (χ4v) is 1.83. The third kappa shape index (κ3) is 2.16. The van der Waals surface area contributed by atoms with E-state index in [4.69, 9.17) is 17.1 Å². The molecule has 0 aliphatic rings. The molecule has 2 rings (SSSR count). The summed E-state index contributed by atoms with van der Waals surface area (Å²) in [6, 6.07) is 2.42. The van der Waals surface area contributed by atoms with Gasteiger partial charge >= 0.3 is 5.97 Å². The third-order valence-corrected chi connectivity index (χ3v) is 2.75. The van der Waals surface area contributed by atoms with Crippen molar-refractivity contribution < 1.29 is 13.9 Å². The van der Waals surface area contributed by atoms with Gasteiger partial charge in [0.2, 0.25) is 0 Å². The Hall–Kier alpha value is -2.37. The number of nitrogens with zero attached hydrogens (tertiary/aromatic N) is 4. The van der Waals surface area contributed by atoms with Gasteiger partial charge < -0.3 is 4.74 Å². The Morgan fingerprint density at radius 1 is 1.58 bits per heavy atom. The van der Waals surface area contributed by atoms with Crippen molar-refractivity contribution in [3.05, 3.63) is 45.2 Å². The summed E-state index contributed by atoms with van der Waals surface area (Å²) in [5.74, 6) is -1.48. The quantitative estimate of drug-likeness (QED) is 0.363. The molecule has 6 nitrogen and oxygen atoms in total. The van der Waals surface area contributed by atoms with Crippen LogP contribution in [-0.4, -0.2) is 18.1 Å². The fraction of sp³-hybridized carbons (Fsp3) is 0.0909. The fourth-order valence-electron chi connectivity index (χ4n) is 1.63. The standard InChI is InChI=1S/C11H6ClFN4O2/c1-19-11(18)5-4-15-10-6(12)2-3-7(13)8(10)9(5)16-17-14/h2-4H,1H3. The van der Waals surface area contributed by atoms with Gasteiger partial charge in [0.15, 0.2) is 0 Å². The van der Waals surface area contributed by atoms with Crippen molar-refractivity contribution in [2.45, 2.75) is 0 Å². The molecule has 0 fully saturated rings. The second-order valence-electron chi connectivity index (χ2n) is 3.45. The molecule has 0 saturated carbocycles. The van der Waals surface area contributed by atoms with Crippen LogP contribution in [0.1, 0.15) is 10.4 Å². The number of hydrogen-bond acceptors (Lipinski definition) is 4. The van der Waals surface area contributed by atoms with Crippen LogP contribution in [0, 0.1) is 5.82 Å². The maximum atomic E-state index is 13.9. The number of azide groups is 1. The number of aromatic nitrogens is 1. The molecule has 0 N–H and O–H groups in total. The number of hydrogen-bond donors (Lipinski definition) is 0. The number of fused-ring (bicyclic) bond motifs is 1. The van der Waals surface area contributed by atoms with Gasteiger partial charge in [0, 0.05) is 16.5 Å². The second kappa shape index (κ2) is 5.09. The first-order valence-electron chi connectivity index (χ1n) is 5.00. The first-order valence-corrected chi connectivity index (χ1v) is 5.38. The predicted molar refractivity (Wildman–Crippen MR) is 66.9 cm³/mol. The van der Waals surface area contributed by atoms with Crippen LogP contribution in [0.25, 0.3) is 21.3 Å². The van der Waals surface area contributed by atoms with Gasteiger partial charge in [0.25, 0.3) is 0 Å². The van der Waals surface area contributed by atoms with Gasteiger partial charge in [0.05, 0.1) is 28.9 Å². The Balaban J connectivity index is 2.96. The van der Waals surface area contributed by atoms with Crippen LogP contribution in [0.2, 0.25) is 5.02 Å². The molecule has 0 radical (unpaired) electrons. The summed E-state index contributed by atoms with van der Waals surface area (Å²) in [5, 5.41) is 3.41. The molecule has 0 spiro atoms. The molecule has 2 aromatic rings. The van der Waals surface area contributed by atoms with Gasteiger partial charge in [0.1, 0.15) is 5.82 Å². The Kier molecular flexibility index (Phi) is 3.50.